The van der Waals surface area contributed by atoms with Crippen molar-refractivity contribution in [3.8, 4) is 0 Å². The number of ketones is 1. The molecule has 0 radical (unpaired) electrons. The first-order valence-corrected chi connectivity index (χ1v) is 7.16. The molecule has 1 aromatic carbocycles. The summed E-state index contributed by atoms with van der Waals surface area (Å²) in [4.78, 5) is 16.5. The maximum absolute atomic E-state index is 12.1. The lowest BCUT2D eigenvalue weighted by molar-refractivity contribution is -0.167. The van der Waals surface area contributed by atoms with Crippen molar-refractivity contribution in [2.45, 2.75) is 26.6 Å². The van der Waals surface area contributed by atoms with Gasteiger partial charge in [-0.25, -0.2) is 4.98 Å². The SMILES string of the molecule is CCOC(OCC)C(=O)Cc1nc2ccccc2s1. The Kier molecular flexibility index (Phi) is 5.01. The van der Waals surface area contributed by atoms with Crippen molar-refractivity contribution >= 4 is 27.3 Å². The van der Waals surface area contributed by atoms with Crippen LogP contribution in [0.1, 0.15) is 18.9 Å². The van der Waals surface area contributed by atoms with Crippen LogP contribution in [0.2, 0.25) is 0 Å². The highest BCUT2D eigenvalue weighted by atomic mass is 32.1. The summed E-state index contributed by atoms with van der Waals surface area (Å²) in [6.45, 7) is 4.60. The molecule has 5 heteroatoms. The number of ether oxygens (including phenoxy) is 2. The van der Waals surface area contributed by atoms with E-state index in [0.717, 1.165) is 15.2 Å². The summed E-state index contributed by atoms with van der Waals surface area (Å²) in [5, 5.41) is 0.801. The third kappa shape index (κ3) is 3.59. The predicted octanol–water partition coefficient (Wildman–Crippen LogP) is 2.81. The molecule has 2 rings (SSSR count). The van der Waals surface area contributed by atoms with Gasteiger partial charge in [-0.2, -0.15) is 0 Å². The second-order valence-corrected chi connectivity index (χ2v) is 5.08. The lowest BCUT2D eigenvalue weighted by Gasteiger charge is -2.14. The standard InChI is InChI=1S/C14H17NO3S/c1-3-17-14(18-4-2)11(16)9-13-15-10-7-5-6-8-12(10)19-13/h5-8,14H,3-4,9H2,1-2H3. The Morgan fingerprint density at radius 2 is 1.95 bits per heavy atom. The van der Waals surface area contributed by atoms with Crippen LogP contribution in [-0.4, -0.2) is 30.3 Å². The van der Waals surface area contributed by atoms with Crippen LogP contribution in [0.5, 0.6) is 0 Å². The number of carbonyl (C=O) groups excluding carboxylic acids is 1. The molecular formula is C14H17NO3S. The van der Waals surface area contributed by atoms with Crippen LogP contribution in [0.3, 0.4) is 0 Å². The van der Waals surface area contributed by atoms with Gasteiger partial charge in [0.1, 0.15) is 5.01 Å². The fraction of sp³-hybridized carbons (Fsp3) is 0.429. The molecular weight excluding hydrogens is 262 g/mol. The molecule has 2 aromatic rings. The molecule has 1 aromatic heterocycles. The number of nitrogens with zero attached hydrogens (tertiary/aromatic N) is 1. The molecule has 0 unspecified atom stereocenters. The smallest absolute Gasteiger partial charge is 0.218 e. The van der Waals surface area contributed by atoms with Gasteiger partial charge in [-0.1, -0.05) is 12.1 Å². The van der Waals surface area contributed by atoms with Crippen LogP contribution in [0.25, 0.3) is 10.2 Å². The average molecular weight is 279 g/mol. The second kappa shape index (κ2) is 6.75. The van der Waals surface area contributed by atoms with Gasteiger partial charge >= 0.3 is 0 Å². The zero-order valence-corrected chi connectivity index (χ0v) is 11.9. The number of carbonyl (C=O) groups is 1. The molecule has 0 spiro atoms. The van der Waals surface area contributed by atoms with Gasteiger partial charge in [0, 0.05) is 13.2 Å². The van der Waals surface area contributed by atoms with Gasteiger partial charge in [0.25, 0.3) is 0 Å². The number of hydrogen-bond acceptors (Lipinski definition) is 5. The number of fused-ring (bicyclic) bond motifs is 1. The Labute approximate surface area is 116 Å². The van der Waals surface area contributed by atoms with Gasteiger partial charge < -0.3 is 9.47 Å². The molecule has 0 aliphatic carbocycles. The fourth-order valence-electron chi connectivity index (χ4n) is 1.76. The second-order valence-electron chi connectivity index (χ2n) is 3.96. The molecule has 19 heavy (non-hydrogen) atoms. The van der Waals surface area contributed by atoms with Crippen molar-refractivity contribution in [3.05, 3.63) is 29.3 Å². The quantitative estimate of drug-likeness (QED) is 0.731. The van der Waals surface area contributed by atoms with Crippen molar-refractivity contribution in [2.75, 3.05) is 13.2 Å². The normalized spacial score (nSPS) is 11.3. The molecule has 4 nitrogen and oxygen atoms in total. The van der Waals surface area contributed by atoms with E-state index in [1.165, 1.54) is 11.3 Å². The fourth-order valence-corrected chi connectivity index (χ4v) is 2.74. The number of aromatic nitrogens is 1. The van der Waals surface area contributed by atoms with E-state index in [4.69, 9.17) is 9.47 Å². The number of benzene rings is 1. The van der Waals surface area contributed by atoms with E-state index in [0.29, 0.717) is 13.2 Å². The summed E-state index contributed by atoms with van der Waals surface area (Å²) < 4.78 is 11.7. The molecule has 0 aliphatic heterocycles. The van der Waals surface area contributed by atoms with Crippen molar-refractivity contribution in [3.63, 3.8) is 0 Å². The molecule has 0 atom stereocenters. The van der Waals surface area contributed by atoms with Crippen molar-refractivity contribution < 1.29 is 14.3 Å². The molecule has 0 fully saturated rings. The van der Waals surface area contributed by atoms with E-state index in [-0.39, 0.29) is 12.2 Å². The first kappa shape index (κ1) is 14.1. The Morgan fingerprint density at radius 1 is 1.26 bits per heavy atom. The van der Waals surface area contributed by atoms with E-state index in [1.807, 2.05) is 38.1 Å². The van der Waals surface area contributed by atoms with Gasteiger partial charge in [0.2, 0.25) is 6.29 Å². The lowest BCUT2D eigenvalue weighted by Crippen LogP contribution is -2.29. The third-order valence-electron chi connectivity index (χ3n) is 2.56. The molecule has 102 valence electrons. The first-order valence-electron chi connectivity index (χ1n) is 6.35. The lowest BCUT2D eigenvalue weighted by atomic mass is 10.3. The van der Waals surface area contributed by atoms with Gasteiger partial charge in [0.15, 0.2) is 5.78 Å². The Hall–Kier alpha value is -1.30. The minimum atomic E-state index is -0.776. The zero-order valence-electron chi connectivity index (χ0n) is 11.1. The summed E-state index contributed by atoms with van der Waals surface area (Å²) in [7, 11) is 0. The number of rotatable bonds is 7. The average Bonchev–Trinajstić information content (AvgIpc) is 2.80. The van der Waals surface area contributed by atoms with Crippen molar-refractivity contribution in [1.29, 1.82) is 0 Å². The maximum Gasteiger partial charge on any atom is 0.218 e. The van der Waals surface area contributed by atoms with Crippen LogP contribution >= 0.6 is 11.3 Å². The van der Waals surface area contributed by atoms with Crippen LogP contribution in [-0.2, 0) is 20.7 Å². The summed E-state index contributed by atoms with van der Waals surface area (Å²) in [6.07, 6.45) is -0.522. The molecule has 0 aliphatic rings. The van der Waals surface area contributed by atoms with E-state index < -0.39 is 6.29 Å². The zero-order chi connectivity index (χ0) is 13.7. The van der Waals surface area contributed by atoms with E-state index in [9.17, 15) is 4.79 Å². The first-order chi connectivity index (χ1) is 9.24. The number of thiazole rings is 1. The monoisotopic (exact) mass is 279 g/mol. The van der Waals surface area contributed by atoms with Gasteiger partial charge in [0.05, 0.1) is 16.6 Å². The largest absolute Gasteiger partial charge is 0.346 e. The van der Waals surface area contributed by atoms with Crippen LogP contribution in [0.15, 0.2) is 24.3 Å². The van der Waals surface area contributed by atoms with Crippen molar-refractivity contribution in [2.24, 2.45) is 0 Å². The highest BCUT2D eigenvalue weighted by Gasteiger charge is 2.20. The maximum atomic E-state index is 12.1. The van der Waals surface area contributed by atoms with E-state index >= 15 is 0 Å². The van der Waals surface area contributed by atoms with E-state index in [1.54, 1.807) is 0 Å². The third-order valence-corrected chi connectivity index (χ3v) is 3.60. The number of hydrogen-bond donors (Lipinski definition) is 0. The van der Waals surface area contributed by atoms with Crippen molar-refractivity contribution in [1.82, 2.24) is 4.98 Å². The summed E-state index contributed by atoms with van der Waals surface area (Å²) in [6, 6.07) is 7.86. The summed E-state index contributed by atoms with van der Waals surface area (Å²) in [5.74, 6) is -0.0808. The van der Waals surface area contributed by atoms with Crippen LogP contribution < -0.4 is 0 Å². The van der Waals surface area contributed by atoms with Crippen LogP contribution in [0.4, 0.5) is 0 Å². The number of para-hydroxylation sites is 1. The van der Waals surface area contributed by atoms with Gasteiger partial charge in [-0.15, -0.1) is 11.3 Å². The topological polar surface area (TPSA) is 48.4 Å². The van der Waals surface area contributed by atoms with Crippen LogP contribution in [0, 0.1) is 0 Å². The van der Waals surface area contributed by atoms with E-state index in [2.05, 4.69) is 4.98 Å². The summed E-state index contributed by atoms with van der Waals surface area (Å²) >= 11 is 1.54. The molecule has 0 saturated carbocycles. The molecule has 1 heterocycles. The highest BCUT2D eigenvalue weighted by molar-refractivity contribution is 7.18. The Bertz CT molecular complexity index is 513. The minimum Gasteiger partial charge on any atom is -0.346 e. The molecule has 0 saturated heterocycles. The minimum absolute atomic E-state index is 0.0808. The Balaban J connectivity index is 2.08. The summed E-state index contributed by atoms with van der Waals surface area (Å²) in [5.41, 5.74) is 0.930. The predicted molar refractivity (Wildman–Crippen MR) is 75.4 cm³/mol. The Morgan fingerprint density at radius 3 is 2.58 bits per heavy atom. The van der Waals surface area contributed by atoms with Gasteiger partial charge in [-0.3, -0.25) is 4.79 Å². The highest BCUT2D eigenvalue weighted by Crippen LogP contribution is 2.22. The molecule has 0 bridgehead atoms. The molecule has 0 amide bonds. The molecule has 0 N–H and O–H groups in total. The number of Topliss-reactive ketones (excluding diaryl/α,β-unsaturated/α-hetero) is 1. The van der Waals surface area contributed by atoms with Gasteiger partial charge in [-0.05, 0) is 26.0 Å².